The standard InChI is InChI=1S/C21H24N2O3S/c1-24-19-9-8-14(12-20(19)25-2)16-13-17-15-6-4-5-7-18(15)26-21(10-11-27-3)23(17)22-16/h4-9,12,17,21H,10-11,13H2,1-3H3/t17-,21+/m0/s1. The fourth-order valence-corrected chi connectivity index (χ4v) is 4.15. The first kappa shape index (κ1) is 18.0. The summed E-state index contributed by atoms with van der Waals surface area (Å²) in [5.74, 6) is 3.47. The predicted molar refractivity (Wildman–Crippen MR) is 109 cm³/mol. The number of methoxy groups -OCH3 is 2. The second-order valence-corrected chi connectivity index (χ2v) is 7.59. The number of ether oxygens (including phenoxy) is 3. The molecule has 0 bridgehead atoms. The molecule has 2 aromatic rings. The number of nitrogens with zero attached hydrogens (tertiary/aromatic N) is 2. The average molecular weight is 385 g/mol. The van der Waals surface area contributed by atoms with Gasteiger partial charge in [0, 0.05) is 24.0 Å². The van der Waals surface area contributed by atoms with Crippen molar-refractivity contribution in [2.45, 2.75) is 25.1 Å². The van der Waals surface area contributed by atoms with Crippen LogP contribution in [0.15, 0.2) is 47.6 Å². The molecule has 2 atom stereocenters. The summed E-state index contributed by atoms with van der Waals surface area (Å²) < 4.78 is 17.1. The van der Waals surface area contributed by atoms with Gasteiger partial charge < -0.3 is 14.2 Å². The Kier molecular flexibility index (Phi) is 5.16. The highest BCUT2D eigenvalue weighted by molar-refractivity contribution is 7.98. The summed E-state index contributed by atoms with van der Waals surface area (Å²) in [6.45, 7) is 0. The van der Waals surface area contributed by atoms with Crippen molar-refractivity contribution >= 4 is 17.5 Å². The molecule has 2 aliphatic rings. The molecule has 4 rings (SSSR count). The molecule has 142 valence electrons. The summed E-state index contributed by atoms with van der Waals surface area (Å²) in [5.41, 5.74) is 3.32. The molecule has 0 unspecified atom stereocenters. The third-order valence-electron chi connectivity index (χ3n) is 5.06. The molecule has 0 radical (unpaired) electrons. The maximum absolute atomic E-state index is 6.27. The molecule has 6 heteroatoms. The number of benzene rings is 2. The smallest absolute Gasteiger partial charge is 0.188 e. The summed E-state index contributed by atoms with van der Waals surface area (Å²) in [5, 5.41) is 7.11. The van der Waals surface area contributed by atoms with Crippen molar-refractivity contribution in [2.24, 2.45) is 5.10 Å². The Morgan fingerprint density at radius 2 is 1.96 bits per heavy atom. The fraction of sp³-hybridized carbons (Fsp3) is 0.381. The minimum atomic E-state index is -0.0324. The van der Waals surface area contributed by atoms with Crippen molar-refractivity contribution in [3.05, 3.63) is 53.6 Å². The lowest BCUT2D eigenvalue weighted by atomic mass is 9.96. The first-order chi connectivity index (χ1) is 13.2. The highest BCUT2D eigenvalue weighted by atomic mass is 32.2. The summed E-state index contributed by atoms with van der Waals surface area (Å²) >= 11 is 1.83. The third kappa shape index (κ3) is 3.34. The van der Waals surface area contributed by atoms with Gasteiger partial charge in [0.15, 0.2) is 17.7 Å². The Labute approximate surface area is 164 Å². The Hall–Kier alpha value is -2.34. The maximum atomic E-state index is 6.27. The van der Waals surface area contributed by atoms with Gasteiger partial charge >= 0.3 is 0 Å². The lowest BCUT2D eigenvalue weighted by Gasteiger charge is -2.38. The van der Waals surface area contributed by atoms with E-state index in [0.717, 1.165) is 47.1 Å². The van der Waals surface area contributed by atoms with Gasteiger partial charge in [-0.15, -0.1) is 0 Å². The van der Waals surface area contributed by atoms with E-state index in [0.29, 0.717) is 0 Å². The molecule has 5 nitrogen and oxygen atoms in total. The van der Waals surface area contributed by atoms with Crippen molar-refractivity contribution in [1.29, 1.82) is 0 Å². The number of hydrogen-bond acceptors (Lipinski definition) is 6. The lowest BCUT2D eigenvalue weighted by Crippen LogP contribution is -2.40. The molecular formula is C21H24N2O3S. The van der Waals surface area contributed by atoms with Crippen LogP contribution in [0.4, 0.5) is 0 Å². The number of hydrazone groups is 1. The van der Waals surface area contributed by atoms with E-state index < -0.39 is 0 Å². The van der Waals surface area contributed by atoms with Crippen molar-refractivity contribution in [2.75, 3.05) is 26.2 Å². The highest BCUT2D eigenvalue weighted by Crippen LogP contribution is 2.44. The second-order valence-electron chi connectivity index (χ2n) is 6.61. The zero-order valence-corrected chi connectivity index (χ0v) is 16.7. The molecule has 0 saturated carbocycles. The highest BCUT2D eigenvalue weighted by Gasteiger charge is 2.39. The van der Waals surface area contributed by atoms with E-state index in [-0.39, 0.29) is 12.3 Å². The molecule has 0 fully saturated rings. The van der Waals surface area contributed by atoms with Gasteiger partial charge in [-0.3, -0.25) is 5.01 Å². The van der Waals surface area contributed by atoms with Crippen LogP contribution in [0, 0.1) is 0 Å². The monoisotopic (exact) mass is 384 g/mol. The molecular weight excluding hydrogens is 360 g/mol. The van der Waals surface area contributed by atoms with Gasteiger partial charge in [0.1, 0.15) is 5.75 Å². The van der Waals surface area contributed by atoms with Gasteiger partial charge in [0.25, 0.3) is 0 Å². The van der Waals surface area contributed by atoms with E-state index in [4.69, 9.17) is 19.3 Å². The molecule has 2 aromatic carbocycles. The zero-order valence-electron chi connectivity index (χ0n) is 15.8. The van der Waals surface area contributed by atoms with Crippen LogP contribution < -0.4 is 14.2 Å². The summed E-state index contributed by atoms with van der Waals surface area (Å²) in [4.78, 5) is 0. The van der Waals surface area contributed by atoms with Crippen LogP contribution in [-0.2, 0) is 0 Å². The Bertz CT molecular complexity index is 855. The molecule has 27 heavy (non-hydrogen) atoms. The van der Waals surface area contributed by atoms with Crippen LogP contribution >= 0.6 is 11.8 Å². The van der Waals surface area contributed by atoms with Gasteiger partial charge in [-0.05, 0) is 36.3 Å². The number of rotatable bonds is 6. The zero-order chi connectivity index (χ0) is 18.8. The number of para-hydroxylation sites is 1. The van der Waals surface area contributed by atoms with Gasteiger partial charge in [-0.2, -0.15) is 16.9 Å². The first-order valence-corrected chi connectivity index (χ1v) is 10.5. The largest absolute Gasteiger partial charge is 0.493 e. The summed E-state index contributed by atoms with van der Waals surface area (Å²) in [7, 11) is 3.30. The van der Waals surface area contributed by atoms with Crippen LogP contribution in [0.2, 0.25) is 0 Å². The Balaban J connectivity index is 1.68. The molecule has 0 aliphatic carbocycles. The minimum Gasteiger partial charge on any atom is -0.493 e. The van der Waals surface area contributed by atoms with Crippen LogP contribution in [-0.4, -0.2) is 43.2 Å². The van der Waals surface area contributed by atoms with E-state index in [2.05, 4.69) is 29.5 Å². The molecule has 2 aliphatic heterocycles. The molecule has 0 N–H and O–H groups in total. The summed E-state index contributed by atoms with van der Waals surface area (Å²) in [6.07, 6.45) is 3.88. The van der Waals surface area contributed by atoms with Crippen LogP contribution in [0.25, 0.3) is 0 Å². The van der Waals surface area contributed by atoms with E-state index >= 15 is 0 Å². The first-order valence-electron chi connectivity index (χ1n) is 9.08. The topological polar surface area (TPSA) is 43.3 Å². The molecule has 2 heterocycles. The minimum absolute atomic E-state index is 0.0324. The number of hydrogen-bond donors (Lipinski definition) is 0. The van der Waals surface area contributed by atoms with E-state index in [1.807, 2.05) is 36.0 Å². The quantitative estimate of drug-likeness (QED) is 0.742. The maximum Gasteiger partial charge on any atom is 0.188 e. The molecule has 0 aromatic heterocycles. The van der Waals surface area contributed by atoms with Crippen molar-refractivity contribution in [1.82, 2.24) is 5.01 Å². The SMILES string of the molecule is COc1ccc(C2=NN3[C@@H](CCSC)Oc4ccccc4[C@@H]3C2)cc1OC. The third-order valence-corrected chi connectivity index (χ3v) is 5.71. The fourth-order valence-electron chi connectivity index (χ4n) is 3.71. The van der Waals surface area contributed by atoms with Gasteiger partial charge in [0.05, 0.1) is 26.0 Å². The van der Waals surface area contributed by atoms with E-state index in [1.54, 1.807) is 14.2 Å². The van der Waals surface area contributed by atoms with Crippen molar-refractivity contribution in [3.8, 4) is 17.2 Å². The number of fused-ring (bicyclic) bond motifs is 3. The van der Waals surface area contributed by atoms with Crippen LogP contribution in [0.3, 0.4) is 0 Å². The van der Waals surface area contributed by atoms with Gasteiger partial charge in [-0.25, -0.2) is 0 Å². The van der Waals surface area contributed by atoms with E-state index in [9.17, 15) is 0 Å². The molecule has 0 amide bonds. The molecule has 0 saturated heterocycles. The average Bonchev–Trinajstić information content (AvgIpc) is 3.17. The van der Waals surface area contributed by atoms with Crippen LogP contribution in [0.5, 0.6) is 17.2 Å². The number of thioether (sulfide) groups is 1. The predicted octanol–water partition coefficient (Wildman–Crippen LogP) is 4.33. The normalized spacial score (nSPS) is 20.4. The second kappa shape index (κ2) is 7.72. The van der Waals surface area contributed by atoms with Gasteiger partial charge in [-0.1, -0.05) is 18.2 Å². The van der Waals surface area contributed by atoms with Crippen LogP contribution in [0.1, 0.15) is 30.0 Å². The van der Waals surface area contributed by atoms with Crippen molar-refractivity contribution in [3.63, 3.8) is 0 Å². The summed E-state index contributed by atoms with van der Waals surface area (Å²) in [6, 6.07) is 14.5. The molecule has 0 spiro atoms. The van der Waals surface area contributed by atoms with E-state index in [1.165, 1.54) is 5.56 Å². The van der Waals surface area contributed by atoms with Crippen molar-refractivity contribution < 1.29 is 14.2 Å². The lowest BCUT2D eigenvalue weighted by molar-refractivity contribution is -0.0180. The van der Waals surface area contributed by atoms with Gasteiger partial charge in [0.2, 0.25) is 0 Å². The Morgan fingerprint density at radius 1 is 1.15 bits per heavy atom. The Morgan fingerprint density at radius 3 is 2.74 bits per heavy atom.